The molecule has 0 aromatic heterocycles. The Hall–Kier alpha value is -1.01. The molecule has 14 heavy (non-hydrogen) atoms. The van der Waals surface area contributed by atoms with Crippen LogP contribution >= 0.6 is 12.4 Å². The third-order valence-corrected chi connectivity index (χ3v) is 1.16. The molecule has 0 saturated heterocycles. The molecule has 0 fully saturated rings. The predicted octanol–water partition coefficient (Wildman–Crippen LogP) is -0.497. The van der Waals surface area contributed by atoms with Gasteiger partial charge in [0.25, 0.3) is 0 Å². The number of nitrogens with zero attached hydrogens (tertiary/aromatic N) is 1. The molecule has 0 atom stereocenters. The maximum atomic E-state index is 7.00. The number of rotatable bonds is 4. The number of hydrogen-bond donors (Lipinski definition) is 4. The van der Waals surface area contributed by atoms with Gasteiger partial charge in [0, 0.05) is 13.7 Å². The van der Waals surface area contributed by atoms with Crippen molar-refractivity contribution in [2.24, 2.45) is 10.7 Å². The molecule has 5 N–H and O–H groups in total. The molecule has 84 valence electrons. The van der Waals surface area contributed by atoms with Crippen molar-refractivity contribution in [3.05, 3.63) is 0 Å². The summed E-state index contributed by atoms with van der Waals surface area (Å²) in [6.07, 6.45) is 0. The summed E-state index contributed by atoms with van der Waals surface area (Å²) in [6.45, 7) is 3.76. The van der Waals surface area contributed by atoms with Crippen LogP contribution in [-0.4, -0.2) is 38.7 Å². The highest BCUT2D eigenvalue weighted by Crippen LogP contribution is 1.74. The van der Waals surface area contributed by atoms with Crippen molar-refractivity contribution in [1.29, 1.82) is 5.41 Å². The topological polar surface area (TPSA) is 95.5 Å². The number of guanidine groups is 2. The lowest BCUT2D eigenvalue weighted by atomic mass is 10.6. The summed E-state index contributed by atoms with van der Waals surface area (Å²) in [7, 11) is 1.61. The van der Waals surface area contributed by atoms with Crippen LogP contribution < -0.4 is 16.4 Å². The van der Waals surface area contributed by atoms with Gasteiger partial charge in [0.2, 0.25) is 0 Å². The van der Waals surface area contributed by atoms with Gasteiger partial charge >= 0.3 is 0 Å². The summed E-state index contributed by atoms with van der Waals surface area (Å²) in [5.74, 6) is 0.379. The van der Waals surface area contributed by atoms with E-state index < -0.39 is 0 Å². The van der Waals surface area contributed by atoms with Gasteiger partial charge in [-0.3, -0.25) is 15.7 Å². The summed E-state index contributed by atoms with van der Waals surface area (Å²) in [5.41, 5.74) is 5.15. The van der Waals surface area contributed by atoms with Gasteiger partial charge in [-0.2, -0.15) is 0 Å². The largest absolute Gasteiger partial charge is 0.383 e. The first-order chi connectivity index (χ1) is 6.20. The van der Waals surface area contributed by atoms with Gasteiger partial charge in [-0.05, 0) is 6.92 Å². The molecule has 0 spiro atoms. The predicted molar refractivity (Wildman–Crippen MR) is 60.2 cm³/mol. The van der Waals surface area contributed by atoms with Crippen LogP contribution in [0.5, 0.6) is 0 Å². The molecule has 0 aliphatic heterocycles. The average molecular weight is 224 g/mol. The number of ether oxygens (including phenoxy) is 1. The van der Waals surface area contributed by atoms with E-state index in [0.717, 1.165) is 6.54 Å². The second-order valence-electron chi connectivity index (χ2n) is 2.29. The molecule has 0 aromatic rings. The highest BCUT2D eigenvalue weighted by molar-refractivity contribution is 5.96. The first-order valence-electron chi connectivity index (χ1n) is 4.09. The molecule has 6 nitrogen and oxygen atoms in total. The fourth-order valence-corrected chi connectivity index (χ4v) is 0.683. The lowest BCUT2D eigenvalue weighted by Gasteiger charge is -2.08. The van der Waals surface area contributed by atoms with Gasteiger partial charge in [0.05, 0.1) is 13.2 Å². The molecule has 0 heterocycles. The maximum Gasteiger partial charge on any atom is 0.198 e. The minimum atomic E-state index is -0.128. The first-order valence-corrected chi connectivity index (χ1v) is 4.09. The van der Waals surface area contributed by atoms with Crippen LogP contribution in [0.15, 0.2) is 4.99 Å². The zero-order valence-electron chi connectivity index (χ0n) is 8.46. The molecule has 0 unspecified atom stereocenters. The van der Waals surface area contributed by atoms with Gasteiger partial charge in [-0.25, -0.2) is 0 Å². The van der Waals surface area contributed by atoms with E-state index >= 15 is 0 Å². The Kier molecular flexibility index (Phi) is 11.1. The number of aliphatic imine (C=N–C) groups is 1. The third kappa shape index (κ3) is 9.08. The summed E-state index contributed by atoms with van der Waals surface area (Å²) in [6, 6.07) is 0. The summed E-state index contributed by atoms with van der Waals surface area (Å²) in [5, 5.41) is 12.5. The number of nitrogens with two attached hydrogens (primary N) is 1. The Morgan fingerprint density at radius 2 is 2.21 bits per heavy atom. The van der Waals surface area contributed by atoms with E-state index in [1.807, 2.05) is 6.92 Å². The van der Waals surface area contributed by atoms with E-state index in [1.54, 1.807) is 7.11 Å². The first kappa shape index (κ1) is 15.5. The maximum absolute atomic E-state index is 7.00. The Morgan fingerprint density at radius 3 is 2.64 bits per heavy atom. The monoisotopic (exact) mass is 223 g/mol. The fraction of sp³-hybridized carbons (Fsp3) is 0.714. The number of halogens is 1. The van der Waals surface area contributed by atoms with Gasteiger partial charge < -0.3 is 15.8 Å². The van der Waals surface area contributed by atoms with Crippen molar-refractivity contribution in [2.45, 2.75) is 6.92 Å². The molecular formula is C7H18ClN5O. The van der Waals surface area contributed by atoms with Gasteiger partial charge in [-0.15, -0.1) is 12.4 Å². The van der Waals surface area contributed by atoms with Gasteiger partial charge in [0.1, 0.15) is 0 Å². The molecule has 0 amide bonds. The number of nitrogens with one attached hydrogen (secondary N) is 3. The summed E-state index contributed by atoms with van der Waals surface area (Å²) in [4.78, 5) is 4.09. The van der Waals surface area contributed by atoms with E-state index in [2.05, 4.69) is 15.6 Å². The Labute approximate surface area is 90.2 Å². The van der Waals surface area contributed by atoms with Crippen molar-refractivity contribution in [3.63, 3.8) is 0 Å². The second-order valence-corrected chi connectivity index (χ2v) is 2.29. The third-order valence-electron chi connectivity index (χ3n) is 1.16. The van der Waals surface area contributed by atoms with Crippen molar-refractivity contribution >= 4 is 24.3 Å². The molecule has 0 bridgehead atoms. The van der Waals surface area contributed by atoms with Crippen molar-refractivity contribution in [2.75, 3.05) is 26.8 Å². The van der Waals surface area contributed by atoms with Crippen molar-refractivity contribution in [3.8, 4) is 0 Å². The van der Waals surface area contributed by atoms with E-state index in [1.165, 1.54) is 0 Å². The lowest BCUT2D eigenvalue weighted by molar-refractivity contribution is 0.208. The van der Waals surface area contributed by atoms with Gasteiger partial charge in [-0.1, -0.05) is 0 Å². The van der Waals surface area contributed by atoms with E-state index in [0.29, 0.717) is 19.1 Å². The number of methoxy groups -OCH3 is 1. The van der Waals surface area contributed by atoms with Crippen molar-refractivity contribution in [1.82, 2.24) is 10.6 Å². The molecule has 0 radical (unpaired) electrons. The van der Waals surface area contributed by atoms with Crippen LogP contribution in [-0.2, 0) is 4.74 Å². The van der Waals surface area contributed by atoms with Crippen LogP contribution in [0.3, 0.4) is 0 Å². The summed E-state index contributed by atoms with van der Waals surface area (Å²) >= 11 is 0. The van der Waals surface area contributed by atoms with Gasteiger partial charge in [0.15, 0.2) is 11.9 Å². The van der Waals surface area contributed by atoms with Crippen LogP contribution in [0.4, 0.5) is 0 Å². The molecule has 7 heteroatoms. The summed E-state index contributed by atoms with van der Waals surface area (Å²) < 4.78 is 4.83. The molecular weight excluding hydrogens is 206 g/mol. The van der Waals surface area contributed by atoms with Crippen molar-refractivity contribution < 1.29 is 4.74 Å². The zero-order valence-corrected chi connectivity index (χ0v) is 9.28. The SMILES string of the molecule is CCN/C(=N/CCOC)NC(=N)N.Cl. The normalized spacial score (nSPS) is 10.3. The Morgan fingerprint density at radius 1 is 1.57 bits per heavy atom. The standard InChI is InChI=1S/C7H17N5O.ClH/c1-3-10-7(12-6(8)9)11-4-5-13-2;/h3-5H2,1-2H3,(H5,8,9,10,11,12);1H. The molecule has 0 aliphatic carbocycles. The fourth-order valence-electron chi connectivity index (χ4n) is 0.683. The zero-order chi connectivity index (χ0) is 10.1. The Balaban J connectivity index is 0. The second kappa shape index (κ2) is 10.1. The average Bonchev–Trinajstić information content (AvgIpc) is 2.04. The minimum absolute atomic E-state index is 0. The molecule has 0 rings (SSSR count). The van der Waals surface area contributed by atoms with E-state index in [9.17, 15) is 0 Å². The van der Waals surface area contributed by atoms with E-state index in [-0.39, 0.29) is 18.4 Å². The quantitative estimate of drug-likeness (QED) is 0.294. The minimum Gasteiger partial charge on any atom is -0.383 e. The van der Waals surface area contributed by atoms with Crippen LogP contribution in [0.25, 0.3) is 0 Å². The number of hydrogen-bond acceptors (Lipinski definition) is 3. The molecule has 0 aromatic carbocycles. The highest BCUT2D eigenvalue weighted by atomic mass is 35.5. The smallest absolute Gasteiger partial charge is 0.198 e. The van der Waals surface area contributed by atoms with E-state index in [4.69, 9.17) is 15.9 Å². The Bertz CT molecular complexity index is 185. The molecule has 0 saturated carbocycles. The highest BCUT2D eigenvalue weighted by Gasteiger charge is 1.96. The van der Waals surface area contributed by atoms with Crippen LogP contribution in [0, 0.1) is 5.41 Å². The van der Waals surface area contributed by atoms with Crippen LogP contribution in [0.2, 0.25) is 0 Å². The molecule has 0 aliphatic rings. The van der Waals surface area contributed by atoms with Crippen LogP contribution in [0.1, 0.15) is 6.92 Å². The lowest BCUT2D eigenvalue weighted by Crippen LogP contribution is -2.44.